The molecule has 0 amide bonds. The smallest absolute Gasteiger partial charge is 0.134 e. The molecule has 0 N–H and O–H groups in total. The van der Waals surface area contributed by atoms with E-state index in [0.29, 0.717) is 21.9 Å². The zero-order valence-corrected chi connectivity index (χ0v) is 12.1. The zero-order chi connectivity index (χ0) is 13.1. The molecule has 0 aliphatic heterocycles. The first-order chi connectivity index (χ1) is 8.56. The summed E-state index contributed by atoms with van der Waals surface area (Å²) in [5.74, 6) is 0.288. The average molecular weight is 330 g/mol. The van der Waals surface area contributed by atoms with Gasteiger partial charge < -0.3 is 4.74 Å². The molecular formula is C14H11BrClFO. The second-order valence-electron chi connectivity index (χ2n) is 3.96. The van der Waals surface area contributed by atoms with Gasteiger partial charge in [-0.2, -0.15) is 0 Å². The Morgan fingerprint density at radius 3 is 2.67 bits per heavy atom. The minimum absolute atomic E-state index is 0.303. The monoisotopic (exact) mass is 328 g/mol. The number of halogens is 3. The first kappa shape index (κ1) is 13.4. The summed E-state index contributed by atoms with van der Waals surface area (Å²) in [5, 5.41) is 0.674. The van der Waals surface area contributed by atoms with Crippen LogP contribution in [0, 0.1) is 12.7 Å². The van der Waals surface area contributed by atoms with E-state index in [4.69, 9.17) is 16.3 Å². The second kappa shape index (κ2) is 5.72. The van der Waals surface area contributed by atoms with Crippen molar-refractivity contribution < 1.29 is 9.13 Å². The highest BCUT2D eigenvalue weighted by Crippen LogP contribution is 2.27. The van der Waals surface area contributed by atoms with Gasteiger partial charge in [0.25, 0.3) is 0 Å². The van der Waals surface area contributed by atoms with E-state index < -0.39 is 0 Å². The molecule has 2 aromatic rings. The first-order valence-electron chi connectivity index (χ1n) is 5.39. The number of hydrogen-bond donors (Lipinski definition) is 0. The van der Waals surface area contributed by atoms with E-state index in [2.05, 4.69) is 15.9 Å². The number of ether oxygens (including phenoxy) is 1. The van der Waals surface area contributed by atoms with Gasteiger partial charge in [-0.05, 0) is 52.7 Å². The maximum atomic E-state index is 12.9. The van der Waals surface area contributed by atoms with Crippen LogP contribution in [0.5, 0.6) is 5.75 Å². The second-order valence-corrected chi connectivity index (χ2v) is 5.22. The van der Waals surface area contributed by atoms with Crippen molar-refractivity contribution in [2.45, 2.75) is 13.5 Å². The van der Waals surface area contributed by atoms with Crippen molar-refractivity contribution in [3.63, 3.8) is 0 Å². The normalized spacial score (nSPS) is 10.4. The van der Waals surface area contributed by atoms with Gasteiger partial charge in [-0.15, -0.1) is 0 Å². The third-order valence-corrected chi connectivity index (χ3v) is 3.46. The van der Waals surface area contributed by atoms with Crippen LogP contribution in [0.2, 0.25) is 5.02 Å². The largest absolute Gasteiger partial charge is 0.488 e. The third kappa shape index (κ3) is 3.24. The lowest BCUT2D eigenvalue weighted by Crippen LogP contribution is -1.97. The summed E-state index contributed by atoms with van der Waals surface area (Å²) in [5.41, 5.74) is 2.00. The fraction of sp³-hybridized carbons (Fsp3) is 0.143. The van der Waals surface area contributed by atoms with Crippen LogP contribution < -0.4 is 4.74 Å². The van der Waals surface area contributed by atoms with Gasteiger partial charge in [0, 0.05) is 10.6 Å². The highest BCUT2D eigenvalue weighted by atomic mass is 79.9. The number of hydrogen-bond acceptors (Lipinski definition) is 1. The molecule has 0 bridgehead atoms. The third-order valence-electron chi connectivity index (χ3n) is 2.49. The number of aryl methyl sites for hydroxylation is 1. The Morgan fingerprint density at radius 2 is 2.00 bits per heavy atom. The molecule has 0 radical (unpaired) electrons. The Balaban J connectivity index is 2.11. The molecule has 0 aliphatic carbocycles. The molecule has 0 unspecified atom stereocenters. The van der Waals surface area contributed by atoms with E-state index >= 15 is 0 Å². The quantitative estimate of drug-likeness (QED) is 0.758. The van der Waals surface area contributed by atoms with Gasteiger partial charge in [-0.1, -0.05) is 23.7 Å². The van der Waals surface area contributed by atoms with Gasteiger partial charge in [0.15, 0.2) is 0 Å². The fourth-order valence-corrected chi connectivity index (χ4v) is 2.27. The summed E-state index contributed by atoms with van der Waals surface area (Å²) in [6, 6.07) is 10.1. The fourth-order valence-electron chi connectivity index (χ4n) is 1.52. The van der Waals surface area contributed by atoms with E-state index in [1.165, 1.54) is 12.1 Å². The van der Waals surface area contributed by atoms with Crippen molar-refractivity contribution in [3.05, 3.63) is 62.8 Å². The van der Waals surface area contributed by atoms with Crippen molar-refractivity contribution in [3.8, 4) is 5.75 Å². The maximum absolute atomic E-state index is 12.9. The molecule has 0 heterocycles. The molecule has 0 saturated carbocycles. The van der Waals surface area contributed by atoms with Gasteiger partial charge in [0.05, 0.1) is 4.47 Å². The van der Waals surface area contributed by atoms with Crippen LogP contribution in [0.15, 0.2) is 40.9 Å². The summed E-state index contributed by atoms with van der Waals surface area (Å²) < 4.78 is 19.1. The molecule has 2 aromatic carbocycles. The molecule has 0 spiro atoms. The van der Waals surface area contributed by atoms with Crippen LogP contribution in [0.25, 0.3) is 0 Å². The van der Waals surface area contributed by atoms with Gasteiger partial charge in [0.1, 0.15) is 18.2 Å². The lowest BCUT2D eigenvalue weighted by atomic mass is 10.2. The zero-order valence-electron chi connectivity index (χ0n) is 9.71. The molecule has 94 valence electrons. The van der Waals surface area contributed by atoms with Crippen molar-refractivity contribution in [2.75, 3.05) is 0 Å². The molecule has 0 aromatic heterocycles. The minimum Gasteiger partial charge on any atom is -0.488 e. The van der Waals surface area contributed by atoms with Gasteiger partial charge in [-0.3, -0.25) is 0 Å². The SMILES string of the molecule is Cc1ccc(COc2ccc(F)cc2Br)c(Cl)c1. The molecular weight excluding hydrogens is 319 g/mol. The van der Waals surface area contributed by atoms with Crippen LogP contribution in [-0.2, 0) is 6.61 Å². The minimum atomic E-state index is -0.303. The lowest BCUT2D eigenvalue weighted by molar-refractivity contribution is 0.304. The van der Waals surface area contributed by atoms with E-state index in [1.807, 2.05) is 25.1 Å². The van der Waals surface area contributed by atoms with Gasteiger partial charge in [-0.25, -0.2) is 4.39 Å². The summed E-state index contributed by atoms with van der Waals surface area (Å²) in [4.78, 5) is 0. The predicted molar refractivity (Wildman–Crippen MR) is 74.6 cm³/mol. The number of rotatable bonds is 3. The van der Waals surface area contributed by atoms with Crippen molar-refractivity contribution in [2.24, 2.45) is 0 Å². The number of benzene rings is 2. The molecule has 0 saturated heterocycles. The van der Waals surface area contributed by atoms with Gasteiger partial charge >= 0.3 is 0 Å². The standard InChI is InChI=1S/C14H11BrClFO/c1-9-2-3-10(13(16)6-9)8-18-14-5-4-11(17)7-12(14)15/h2-7H,8H2,1H3. The Bertz CT molecular complexity index is 520. The van der Waals surface area contributed by atoms with Crippen LogP contribution in [0.4, 0.5) is 4.39 Å². The Labute approximate surface area is 119 Å². The maximum Gasteiger partial charge on any atom is 0.134 e. The van der Waals surface area contributed by atoms with E-state index in [1.54, 1.807) is 6.07 Å². The Kier molecular flexibility index (Phi) is 4.25. The Morgan fingerprint density at radius 1 is 1.22 bits per heavy atom. The first-order valence-corrected chi connectivity index (χ1v) is 6.56. The summed E-state index contributed by atoms with van der Waals surface area (Å²) in [6.45, 7) is 2.33. The molecule has 0 aliphatic rings. The highest BCUT2D eigenvalue weighted by Gasteiger charge is 2.05. The van der Waals surface area contributed by atoms with Gasteiger partial charge in [0.2, 0.25) is 0 Å². The molecule has 4 heteroatoms. The topological polar surface area (TPSA) is 9.23 Å². The molecule has 0 fully saturated rings. The van der Waals surface area contributed by atoms with Crippen molar-refractivity contribution in [1.82, 2.24) is 0 Å². The molecule has 2 rings (SSSR count). The highest BCUT2D eigenvalue weighted by molar-refractivity contribution is 9.10. The van der Waals surface area contributed by atoms with E-state index in [-0.39, 0.29) is 5.82 Å². The lowest BCUT2D eigenvalue weighted by Gasteiger charge is -2.10. The van der Waals surface area contributed by atoms with E-state index in [0.717, 1.165) is 11.1 Å². The summed E-state index contributed by atoms with van der Waals surface area (Å²) >= 11 is 9.36. The Hall–Kier alpha value is -1.06. The average Bonchev–Trinajstić information content (AvgIpc) is 2.30. The van der Waals surface area contributed by atoms with Crippen LogP contribution in [0.1, 0.15) is 11.1 Å². The molecule has 0 atom stereocenters. The van der Waals surface area contributed by atoms with Crippen molar-refractivity contribution in [1.29, 1.82) is 0 Å². The van der Waals surface area contributed by atoms with E-state index in [9.17, 15) is 4.39 Å². The van der Waals surface area contributed by atoms with Crippen LogP contribution in [-0.4, -0.2) is 0 Å². The van der Waals surface area contributed by atoms with Crippen LogP contribution >= 0.6 is 27.5 Å². The van der Waals surface area contributed by atoms with Crippen LogP contribution in [0.3, 0.4) is 0 Å². The summed E-state index contributed by atoms with van der Waals surface area (Å²) in [7, 11) is 0. The molecule has 1 nitrogen and oxygen atoms in total. The molecule has 18 heavy (non-hydrogen) atoms. The van der Waals surface area contributed by atoms with Crippen molar-refractivity contribution >= 4 is 27.5 Å². The predicted octanol–water partition coefficient (Wildman–Crippen LogP) is 5.13. The summed E-state index contributed by atoms with van der Waals surface area (Å²) in [6.07, 6.45) is 0.